The van der Waals surface area contributed by atoms with E-state index in [0.29, 0.717) is 5.75 Å². The van der Waals surface area contributed by atoms with Gasteiger partial charge in [-0.05, 0) is 53.8 Å². The first-order valence-electron chi connectivity index (χ1n) is 6.96. The summed E-state index contributed by atoms with van der Waals surface area (Å²) in [5.74, 6) is 1.82. The van der Waals surface area contributed by atoms with Crippen molar-refractivity contribution in [2.24, 2.45) is 0 Å². The van der Waals surface area contributed by atoms with Crippen LogP contribution in [0, 0.1) is 0 Å². The van der Waals surface area contributed by atoms with E-state index >= 15 is 0 Å². The molecule has 0 spiro atoms. The van der Waals surface area contributed by atoms with Crippen molar-refractivity contribution in [1.29, 1.82) is 0 Å². The maximum Gasteiger partial charge on any atom is 0.126 e. The third-order valence-electron chi connectivity index (χ3n) is 3.90. The molecule has 0 saturated heterocycles. The second-order valence-corrected chi connectivity index (χ2v) is 5.12. The van der Waals surface area contributed by atoms with Crippen LogP contribution in [0.2, 0.25) is 0 Å². The highest BCUT2D eigenvalue weighted by Gasteiger charge is 2.16. The molecule has 108 valence electrons. The third-order valence-corrected chi connectivity index (χ3v) is 3.90. The zero-order chi connectivity index (χ0) is 14.8. The van der Waals surface area contributed by atoms with Gasteiger partial charge < -0.3 is 14.6 Å². The second kappa shape index (κ2) is 5.52. The van der Waals surface area contributed by atoms with Crippen molar-refractivity contribution in [3.63, 3.8) is 0 Å². The number of phenols is 1. The molecule has 1 N–H and O–H groups in total. The molecule has 3 heteroatoms. The Bertz CT molecular complexity index is 684. The molecule has 3 nitrogen and oxygen atoms in total. The highest BCUT2D eigenvalue weighted by atomic mass is 16.5. The van der Waals surface area contributed by atoms with Crippen LogP contribution in [0.15, 0.2) is 36.4 Å². The van der Waals surface area contributed by atoms with Gasteiger partial charge in [-0.1, -0.05) is 12.1 Å². The Balaban J connectivity index is 1.99. The highest BCUT2D eigenvalue weighted by molar-refractivity contribution is 5.86. The first-order chi connectivity index (χ1) is 10.2. The molecule has 0 heterocycles. The van der Waals surface area contributed by atoms with E-state index in [0.717, 1.165) is 35.3 Å². The molecule has 21 heavy (non-hydrogen) atoms. The Hall–Kier alpha value is -2.42. The van der Waals surface area contributed by atoms with Crippen LogP contribution < -0.4 is 9.47 Å². The smallest absolute Gasteiger partial charge is 0.126 e. The summed E-state index contributed by atoms with van der Waals surface area (Å²) in [6.07, 6.45) is 3.92. The van der Waals surface area contributed by atoms with Crippen molar-refractivity contribution in [3.8, 4) is 17.2 Å². The molecule has 0 aromatic heterocycles. The highest BCUT2D eigenvalue weighted by Crippen LogP contribution is 2.37. The topological polar surface area (TPSA) is 38.7 Å². The summed E-state index contributed by atoms with van der Waals surface area (Å²) in [6.45, 7) is 0. The first-order valence-corrected chi connectivity index (χ1v) is 6.96. The van der Waals surface area contributed by atoms with Crippen LogP contribution in [0.4, 0.5) is 0 Å². The molecule has 2 aromatic carbocycles. The van der Waals surface area contributed by atoms with E-state index in [4.69, 9.17) is 9.47 Å². The van der Waals surface area contributed by atoms with Gasteiger partial charge in [0.2, 0.25) is 0 Å². The standard InChI is InChI=1S/C18H18O3/c1-20-15-7-5-12(6-8-15)13-3-4-14-9-16(21-2)11-18(19)17(14)10-13/h5-11,19H,3-4H2,1-2H3. The van der Waals surface area contributed by atoms with Crippen molar-refractivity contribution >= 4 is 11.6 Å². The predicted octanol–water partition coefficient (Wildman–Crippen LogP) is 3.90. The molecule has 0 unspecified atom stereocenters. The molecule has 0 fully saturated rings. The molecule has 3 rings (SSSR count). The van der Waals surface area contributed by atoms with Gasteiger partial charge in [-0.2, -0.15) is 0 Å². The van der Waals surface area contributed by atoms with E-state index in [1.807, 2.05) is 18.2 Å². The fourth-order valence-corrected chi connectivity index (χ4v) is 2.71. The van der Waals surface area contributed by atoms with Crippen LogP contribution in [-0.4, -0.2) is 19.3 Å². The molecule has 0 bridgehead atoms. The zero-order valence-electron chi connectivity index (χ0n) is 12.2. The fraction of sp³-hybridized carbons (Fsp3) is 0.222. The summed E-state index contributed by atoms with van der Waals surface area (Å²) in [7, 11) is 3.28. The minimum Gasteiger partial charge on any atom is -0.507 e. The van der Waals surface area contributed by atoms with Gasteiger partial charge in [-0.15, -0.1) is 0 Å². The van der Waals surface area contributed by atoms with Crippen molar-refractivity contribution < 1.29 is 14.6 Å². The largest absolute Gasteiger partial charge is 0.507 e. The number of hydrogen-bond acceptors (Lipinski definition) is 3. The van der Waals surface area contributed by atoms with E-state index in [1.54, 1.807) is 20.3 Å². The monoisotopic (exact) mass is 282 g/mol. The van der Waals surface area contributed by atoms with Crippen LogP contribution in [0.25, 0.3) is 11.6 Å². The molecule has 0 radical (unpaired) electrons. The van der Waals surface area contributed by atoms with Crippen LogP contribution in [0.3, 0.4) is 0 Å². The van der Waals surface area contributed by atoms with E-state index in [-0.39, 0.29) is 5.75 Å². The van der Waals surface area contributed by atoms with Crippen molar-refractivity contribution in [2.75, 3.05) is 14.2 Å². The van der Waals surface area contributed by atoms with Crippen molar-refractivity contribution in [3.05, 3.63) is 53.1 Å². The van der Waals surface area contributed by atoms with Gasteiger partial charge in [0.15, 0.2) is 0 Å². The lowest BCUT2D eigenvalue weighted by molar-refractivity contribution is 0.406. The number of methoxy groups -OCH3 is 2. The third kappa shape index (κ3) is 2.59. The Morgan fingerprint density at radius 2 is 1.62 bits per heavy atom. The Morgan fingerprint density at radius 1 is 0.905 bits per heavy atom. The van der Waals surface area contributed by atoms with Gasteiger partial charge in [0.1, 0.15) is 17.2 Å². The first kappa shape index (κ1) is 13.6. The SMILES string of the molecule is COc1ccc(C2=Cc3c(O)cc(OC)cc3CC2)cc1. The average molecular weight is 282 g/mol. The summed E-state index contributed by atoms with van der Waals surface area (Å²) in [5.41, 5.74) is 4.42. The molecular weight excluding hydrogens is 264 g/mol. The summed E-state index contributed by atoms with van der Waals surface area (Å²) in [4.78, 5) is 0. The minimum atomic E-state index is 0.273. The maximum absolute atomic E-state index is 10.2. The summed E-state index contributed by atoms with van der Waals surface area (Å²) in [5, 5.41) is 10.2. The lowest BCUT2D eigenvalue weighted by atomic mass is 9.88. The number of allylic oxidation sites excluding steroid dienone is 1. The fourth-order valence-electron chi connectivity index (χ4n) is 2.71. The van der Waals surface area contributed by atoms with Crippen LogP contribution in [-0.2, 0) is 6.42 Å². The number of aromatic hydroxyl groups is 1. The van der Waals surface area contributed by atoms with Gasteiger partial charge in [-0.3, -0.25) is 0 Å². The maximum atomic E-state index is 10.2. The van der Waals surface area contributed by atoms with E-state index in [9.17, 15) is 5.11 Å². The number of fused-ring (bicyclic) bond motifs is 1. The number of phenolic OH excluding ortho intramolecular Hbond substituents is 1. The van der Waals surface area contributed by atoms with E-state index < -0.39 is 0 Å². The molecular formula is C18H18O3. The molecule has 0 amide bonds. The molecule has 1 aliphatic carbocycles. The summed E-state index contributed by atoms with van der Waals surface area (Å²) < 4.78 is 10.4. The summed E-state index contributed by atoms with van der Waals surface area (Å²) in [6, 6.07) is 11.7. The molecule has 2 aromatic rings. The normalized spacial score (nSPS) is 13.3. The molecule has 0 aliphatic heterocycles. The number of aryl methyl sites for hydroxylation is 1. The Kier molecular flexibility index (Phi) is 3.57. The summed E-state index contributed by atoms with van der Waals surface area (Å²) >= 11 is 0. The zero-order valence-corrected chi connectivity index (χ0v) is 12.2. The number of ether oxygens (including phenoxy) is 2. The quantitative estimate of drug-likeness (QED) is 0.928. The van der Waals surface area contributed by atoms with Gasteiger partial charge in [0.25, 0.3) is 0 Å². The molecule has 0 saturated carbocycles. The lowest BCUT2D eigenvalue weighted by Crippen LogP contribution is -2.00. The van der Waals surface area contributed by atoms with Gasteiger partial charge in [-0.25, -0.2) is 0 Å². The van der Waals surface area contributed by atoms with Crippen LogP contribution in [0.1, 0.15) is 23.1 Å². The second-order valence-electron chi connectivity index (χ2n) is 5.12. The predicted molar refractivity (Wildman–Crippen MR) is 83.8 cm³/mol. The number of benzene rings is 2. The van der Waals surface area contributed by atoms with E-state index in [1.165, 1.54) is 5.57 Å². The lowest BCUT2D eigenvalue weighted by Gasteiger charge is -2.19. The molecule has 0 atom stereocenters. The Labute approximate surface area is 124 Å². The van der Waals surface area contributed by atoms with Gasteiger partial charge in [0.05, 0.1) is 14.2 Å². The number of hydrogen-bond donors (Lipinski definition) is 1. The molecule has 1 aliphatic rings. The van der Waals surface area contributed by atoms with Crippen molar-refractivity contribution in [1.82, 2.24) is 0 Å². The Morgan fingerprint density at radius 3 is 2.29 bits per heavy atom. The van der Waals surface area contributed by atoms with Crippen LogP contribution >= 0.6 is 0 Å². The van der Waals surface area contributed by atoms with E-state index in [2.05, 4.69) is 18.2 Å². The van der Waals surface area contributed by atoms with Gasteiger partial charge in [0, 0.05) is 11.6 Å². The average Bonchev–Trinajstić information content (AvgIpc) is 2.54. The number of rotatable bonds is 3. The van der Waals surface area contributed by atoms with Gasteiger partial charge >= 0.3 is 0 Å². The minimum absolute atomic E-state index is 0.273. The van der Waals surface area contributed by atoms with Crippen LogP contribution in [0.5, 0.6) is 17.2 Å². The van der Waals surface area contributed by atoms with Crippen molar-refractivity contribution in [2.45, 2.75) is 12.8 Å².